The molecule has 6 unspecified atom stereocenters. The number of phenols is 1. The zero-order valence-electron chi connectivity index (χ0n) is 19.7. The van der Waals surface area contributed by atoms with E-state index in [1.165, 1.54) is 49.3 Å². The van der Waals surface area contributed by atoms with E-state index >= 15 is 0 Å². The van der Waals surface area contributed by atoms with Gasteiger partial charge in [-0.15, -0.1) is 0 Å². The van der Waals surface area contributed by atoms with Crippen LogP contribution in [0.2, 0.25) is 0 Å². The zero-order chi connectivity index (χ0) is 23.3. The topological polar surface area (TPSA) is 89.5 Å². The Morgan fingerprint density at radius 2 is 2.09 bits per heavy atom. The summed E-state index contributed by atoms with van der Waals surface area (Å²) < 4.78 is 0. The summed E-state index contributed by atoms with van der Waals surface area (Å²) in [7, 11) is 0. The van der Waals surface area contributed by atoms with Crippen molar-refractivity contribution in [3.63, 3.8) is 0 Å². The van der Waals surface area contributed by atoms with Crippen molar-refractivity contribution in [3.05, 3.63) is 57.5 Å². The van der Waals surface area contributed by atoms with Crippen molar-refractivity contribution in [2.24, 2.45) is 22.7 Å². The fourth-order valence-corrected chi connectivity index (χ4v) is 11.1. The minimum absolute atomic E-state index is 0.0400. The number of rotatable bonds is 2. The van der Waals surface area contributed by atoms with Crippen LogP contribution in [0.1, 0.15) is 60.1 Å². The molecule has 5 bridgehead atoms. The molecule has 8 aliphatic rings. The highest BCUT2D eigenvalue weighted by atomic mass is 16.3. The van der Waals surface area contributed by atoms with Crippen LogP contribution in [0.4, 0.5) is 0 Å². The molecule has 3 saturated heterocycles. The molecule has 7 heteroatoms. The van der Waals surface area contributed by atoms with Gasteiger partial charge in [0.05, 0.1) is 0 Å². The molecule has 1 aromatic carbocycles. The van der Waals surface area contributed by atoms with Crippen molar-refractivity contribution >= 4 is 5.91 Å². The molecule has 7 fully saturated rings. The summed E-state index contributed by atoms with van der Waals surface area (Å²) in [5.74, 6) is 1.38. The van der Waals surface area contributed by atoms with E-state index in [-0.39, 0.29) is 33.8 Å². The number of H-pyrrole nitrogens is 1. The molecule has 1 aromatic heterocycles. The van der Waals surface area contributed by atoms with Crippen LogP contribution in [0.3, 0.4) is 0 Å². The van der Waals surface area contributed by atoms with E-state index in [1.807, 2.05) is 6.07 Å². The molecule has 2 spiro atoms. The molecule has 0 radical (unpaired) electrons. The van der Waals surface area contributed by atoms with Crippen molar-refractivity contribution in [3.8, 4) is 5.75 Å². The number of nitrogens with zero attached hydrogens (tertiary/aromatic N) is 3. The van der Waals surface area contributed by atoms with E-state index < -0.39 is 0 Å². The van der Waals surface area contributed by atoms with Gasteiger partial charge in [-0.1, -0.05) is 12.5 Å². The summed E-state index contributed by atoms with van der Waals surface area (Å²) >= 11 is 0. The van der Waals surface area contributed by atoms with E-state index in [0.29, 0.717) is 29.3 Å². The fourth-order valence-electron chi connectivity index (χ4n) is 11.1. The van der Waals surface area contributed by atoms with Crippen LogP contribution in [0.15, 0.2) is 35.1 Å². The molecule has 1 amide bonds. The first kappa shape index (κ1) is 19.5. The molecule has 4 saturated carbocycles. The molecule has 2 aromatic rings. The second kappa shape index (κ2) is 5.83. The average Bonchev–Trinajstić information content (AvgIpc) is 3.46. The lowest BCUT2D eigenvalue weighted by Gasteiger charge is -2.71. The largest absolute Gasteiger partial charge is 0.508 e. The molecule has 4 heterocycles. The number of carbonyl (C=O) groups is 1. The number of aromatic amines is 1. The van der Waals surface area contributed by atoms with Crippen LogP contribution < -0.4 is 5.56 Å². The predicted molar refractivity (Wildman–Crippen MR) is 127 cm³/mol. The van der Waals surface area contributed by atoms with Gasteiger partial charge in [0.25, 0.3) is 11.5 Å². The van der Waals surface area contributed by atoms with Gasteiger partial charge in [0.15, 0.2) is 0 Å². The molecule has 35 heavy (non-hydrogen) atoms. The molecule has 5 aliphatic carbocycles. The third-order valence-electron chi connectivity index (χ3n) is 12.1. The number of carbonyl (C=O) groups excluding carboxylic acids is 1. The SMILES string of the molecule is O=C(c1ccc(=O)[nH]n1)N1CC23CC45CC2[C@@H]1C3C41CCN(C2CCC2)C5Cc2ccc(O)cc21. The van der Waals surface area contributed by atoms with Crippen molar-refractivity contribution in [2.45, 2.75) is 68.5 Å². The second-order valence-corrected chi connectivity index (χ2v) is 12.7. The van der Waals surface area contributed by atoms with Gasteiger partial charge in [-0.05, 0) is 97.1 Å². The molecule has 7 nitrogen and oxygen atoms in total. The number of phenolic OH excluding ortho intramolecular Hbond substituents is 1. The third-order valence-corrected chi connectivity index (χ3v) is 12.1. The Morgan fingerprint density at radius 3 is 2.86 bits per heavy atom. The van der Waals surface area contributed by atoms with Gasteiger partial charge in [-0.2, -0.15) is 5.10 Å². The molecule has 7 atom stereocenters. The lowest BCUT2D eigenvalue weighted by atomic mass is 9.37. The summed E-state index contributed by atoms with van der Waals surface area (Å²) in [6, 6.07) is 10.7. The molecular weight excluding hydrogens is 440 g/mol. The number of hydrogen-bond donors (Lipinski definition) is 2. The summed E-state index contributed by atoms with van der Waals surface area (Å²) in [5, 5.41) is 17.1. The number of amides is 1. The summed E-state index contributed by atoms with van der Waals surface area (Å²) in [6.45, 7) is 1.96. The Morgan fingerprint density at radius 1 is 1.20 bits per heavy atom. The Bertz CT molecular complexity index is 1360. The fraction of sp³-hybridized carbons (Fsp3) is 0.607. The number of aromatic nitrogens is 2. The zero-order valence-corrected chi connectivity index (χ0v) is 19.7. The maximum Gasteiger partial charge on any atom is 0.274 e. The van der Waals surface area contributed by atoms with Gasteiger partial charge in [-0.25, -0.2) is 5.10 Å². The summed E-state index contributed by atoms with van der Waals surface area (Å²) in [4.78, 5) is 30.1. The molecule has 2 N–H and O–H groups in total. The average molecular weight is 471 g/mol. The normalized spacial score (nSPS) is 43.9. The van der Waals surface area contributed by atoms with Gasteiger partial charge in [0.2, 0.25) is 0 Å². The number of aromatic hydroxyl groups is 1. The van der Waals surface area contributed by atoms with Crippen LogP contribution in [-0.2, 0) is 11.8 Å². The summed E-state index contributed by atoms with van der Waals surface area (Å²) in [6.07, 6.45) is 8.73. The van der Waals surface area contributed by atoms with Gasteiger partial charge in [0, 0.05) is 36.2 Å². The van der Waals surface area contributed by atoms with E-state index in [2.05, 4.69) is 32.1 Å². The van der Waals surface area contributed by atoms with E-state index in [4.69, 9.17) is 0 Å². The Labute approximate surface area is 203 Å². The van der Waals surface area contributed by atoms with Gasteiger partial charge in [0.1, 0.15) is 11.4 Å². The van der Waals surface area contributed by atoms with Crippen LogP contribution in [0.5, 0.6) is 5.75 Å². The third kappa shape index (κ3) is 1.89. The number of piperidine rings is 1. The lowest BCUT2D eigenvalue weighted by molar-refractivity contribution is -0.162. The van der Waals surface area contributed by atoms with Crippen molar-refractivity contribution in [2.75, 3.05) is 13.1 Å². The van der Waals surface area contributed by atoms with Crippen molar-refractivity contribution in [1.29, 1.82) is 0 Å². The number of fused-ring (bicyclic) bond motifs is 2. The maximum atomic E-state index is 13.6. The quantitative estimate of drug-likeness (QED) is 0.704. The standard InChI is InChI=1S/C28H30N4O3/c33-17-5-4-15-10-21-27-12-19-23-24(28(27,18(15)11-17)8-9-31(21)16-2-1-3-16)26(19,13-27)14-32(23)25(35)20-6-7-22(34)30-29-20/h4-7,11,16,19,21,23-24,33H,1-3,8-10,12-14H2,(H,30,34)/t19?,21?,23-,24?,26?,27?,28?/m1/s1. The van der Waals surface area contributed by atoms with Crippen LogP contribution >= 0.6 is 0 Å². The van der Waals surface area contributed by atoms with E-state index in [0.717, 1.165) is 32.0 Å². The smallest absolute Gasteiger partial charge is 0.274 e. The highest BCUT2D eigenvalue weighted by Crippen LogP contribution is 2.89. The van der Waals surface area contributed by atoms with Crippen molar-refractivity contribution in [1.82, 2.24) is 20.0 Å². The molecular formula is C28H30N4O3. The molecule has 10 rings (SSSR count). The number of benzene rings is 1. The Hall–Kier alpha value is -2.67. The van der Waals surface area contributed by atoms with Gasteiger partial charge < -0.3 is 10.0 Å². The maximum absolute atomic E-state index is 13.6. The van der Waals surface area contributed by atoms with Crippen LogP contribution in [0, 0.1) is 22.7 Å². The minimum Gasteiger partial charge on any atom is -0.508 e. The molecule has 3 aliphatic heterocycles. The molecule has 180 valence electrons. The minimum atomic E-state index is -0.284. The van der Waals surface area contributed by atoms with Crippen LogP contribution in [-0.4, -0.2) is 62.2 Å². The lowest BCUT2D eigenvalue weighted by Crippen LogP contribution is -2.75. The predicted octanol–water partition coefficient (Wildman–Crippen LogP) is 2.45. The van der Waals surface area contributed by atoms with E-state index in [1.54, 1.807) is 6.07 Å². The van der Waals surface area contributed by atoms with Gasteiger partial charge >= 0.3 is 0 Å². The number of hydrogen-bond acceptors (Lipinski definition) is 5. The first-order valence-electron chi connectivity index (χ1n) is 13.4. The highest BCUT2D eigenvalue weighted by Gasteiger charge is 2.91. The van der Waals surface area contributed by atoms with Crippen molar-refractivity contribution < 1.29 is 9.90 Å². The van der Waals surface area contributed by atoms with Gasteiger partial charge in [-0.3, -0.25) is 14.5 Å². The van der Waals surface area contributed by atoms with Crippen LogP contribution in [0.25, 0.3) is 0 Å². The number of likely N-dealkylation sites (tertiary alicyclic amines) is 1. The first-order valence-corrected chi connectivity index (χ1v) is 13.4. The Balaban J connectivity index is 1.19. The first-order chi connectivity index (χ1) is 17.0. The van der Waals surface area contributed by atoms with E-state index in [9.17, 15) is 14.7 Å². The monoisotopic (exact) mass is 470 g/mol. The summed E-state index contributed by atoms with van der Waals surface area (Å²) in [5.41, 5.74) is 3.41. The second-order valence-electron chi connectivity index (χ2n) is 12.7. The highest BCUT2D eigenvalue weighted by molar-refractivity contribution is 5.93. The Kier molecular flexibility index (Phi) is 3.25. The number of nitrogens with one attached hydrogen (secondary N) is 1.